The maximum absolute atomic E-state index is 11.1. The molecule has 0 saturated carbocycles. The number of carboxylic acids is 1. The molecule has 7 nitrogen and oxygen atoms in total. The first-order chi connectivity index (χ1) is 11.4. The van der Waals surface area contributed by atoms with Crippen molar-refractivity contribution in [3.63, 3.8) is 0 Å². The standard InChI is InChI=1S/C17H25N3O4.ClH/c1-13-14(5-3-7-16(13)20(23)24)11-19-9-4-6-15(8-10-19)18(2)12-17(21)22;/h3,5,7,15H,4,6,8-12H2,1-2H3,(H,21,22);1H. The summed E-state index contributed by atoms with van der Waals surface area (Å²) in [6.07, 6.45) is 2.90. The third-order valence-corrected chi connectivity index (χ3v) is 4.81. The molecule has 1 atom stereocenters. The van der Waals surface area contributed by atoms with Gasteiger partial charge >= 0.3 is 5.97 Å². The number of rotatable bonds is 6. The lowest BCUT2D eigenvalue weighted by molar-refractivity contribution is -0.385. The minimum Gasteiger partial charge on any atom is -0.480 e. The molecule has 0 bridgehead atoms. The van der Waals surface area contributed by atoms with Crippen LogP contribution >= 0.6 is 12.4 Å². The van der Waals surface area contributed by atoms with Gasteiger partial charge in [0.1, 0.15) is 0 Å². The Kier molecular flexibility index (Phi) is 8.28. The van der Waals surface area contributed by atoms with Crippen LogP contribution in [0, 0.1) is 17.0 Å². The number of likely N-dealkylation sites (tertiary alicyclic amines) is 1. The number of nitro benzene ring substituents is 1. The molecule has 1 heterocycles. The van der Waals surface area contributed by atoms with Gasteiger partial charge in [0.25, 0.3) is 5.69 Å². The third kappa shape index (κ3) is 5.95. The molecule has 0 amide bonds. The molecule has 0 aliphatic carbocycles. The summed E-state index contributed by atoms with van der Waals surface area (Å²) in [6, 6.07) is 5.50. The summed E-state index contributed by atoms with van der Waals surface area (Å²) < 4.78 is 0. The van der Waals surface area contributed by atoms with E-state index in [4.69, 9.17) is 5.11 Å². The molecule has 1 aromatic carbocycles. The topological polar surface area (TPSA) is 86.9 Å². The second-order valence-electron chi connectivity index (χ2n) is 6.49. The van der Waals surface area contributed by atoms with Gasteiger partial charge in [0.05, 0.1) is 11.5 Å². The molecule has 0 spiro atoms. The van der Waals surface area contributed by atoms with Gasteiger partial charge in [-0.3, -0.25) is 24.7 Å². The van der Waals surface area contributed by atoms with Crippen molar-refractivity contribution in [3.05, 3.63) is 39.4 Å². The van der Waals surface area contributed by atoms with E-state index in [1.165, 1.54) is 6.07 Å². The van der Waals surface area contributed by atoms with Crippen molar-refractivity contribution in [3.8, 4) is 0 Å². The van der Waals surface area contributed by atoms with Crippen LogP contribution < -0.4 is 0 Å². The average molecular weight is 372 g/mol. The monoisotopic (exact) mass is 371 g/mol. The Bertz CT molecular complexity index is 612. The summed E-state index contributed by atoms with van der Waals surface area (Å²) in [5.74, 6) is -0.800. The molecule has 2 rings (SSSR count). The van der Waals surface area contributed by atoms with Crippen LogP contribution in [0.5, 0.6) is 0 Å². The zero-order chi connectivity index (χ0) is 17.7. The minimum absolute atomic E-state index is 0. The van der Waals surface area contributed by atoms with Crippen LogP contribution in [0.3, 0.4) is 0 Å². The SMILES string of the molecule is Cc1c(CN2CCCC(N(C)CC(=O)O)CC2)cccc1[N+](=O)[O-].Cl. The highest BCUT2D eigenvalue weighted by Crippen LogP contribution is 2.24. The van der Waals surface area contributed by atoms with Gasteiger partial charge in [0.15, 0.2) is 0 Å². The van der Waals surface area contributed by atoms with E-state index in [1.807, 2.05) is 18.0 Å². The predicted molar refractivity (Wildman–Crippen MR) is 98.3 cm³/mol. The third-order valence-electron chi connectivity index (χ3n) is 4.81. The van der Waals surface area contributed by atoms with Crippen LogP contribution in [0.1, 0.15) is 30.4 Å². The summed E-state index contributed by atoms with van der Waals surface area (Å²) >= 11 is 0. The van der Waals surface area contributed by atoms with E-state index in [1.54, 1.807) is 13.0 Å². The van der Waals surface area contributed by atoms with Gasteiger partial charge in [0.2, 0.25) is 0 Å². The van der Waals surface area contributed by atoms with E-state index in [0.717, 1.165) is 43.5 Å². The molecule has 1 aliphatic rings. The van der Waals surface area contributed by atoms with E-state index in [2.05, 4.69) is 4.90 Å². The van der Waals surface area contributed by atoms with Gasteiger partial charge in [-0.1, -0.05) is 12.1 Å². The maximum Gasteiger partial charge on any atom is 0.317 e. The quantitative estimate of drug-likeness (QED) is 0.611. The highest BCUT2D eigenvalue weighted by atomic mass is 35.5. The van der Waals surface area contributed by atoms with Gasteiger partial charge in [-0.2, -0.15) is 0 Å². The lowest BCUT2D eigenvalue weighted by atomic mass is 10.1. The number of carbonyl (C=O) groups is 1. The second kappa shape index (κ2) is 9.70. The molecular weight excluding hydrogens is 346 g/mol. The molecule has 0 radical (unpaired) electrons. The number of nitro groups is 1. The smallest absolute Gasteiger partial charge is 0.317 e. The first-order valence-corrected chi connectivity index (χ1v) is 8.25. The van der Waals surface area contributed by atoms with Gasteiger partial charge in [-0.15, -0.1) is 12.4 Å². The Morgan fingerprint density at radius 3 is 2.76 bits per heavy atom. The van der Waals surface area contributed by atoms with Crippen molar-refractivity contribution in [2.75, 3.05) is 26.7 Å². The van der Waals surface area contributed by atoms with Gasteiger partial charge in [0, 0.05) is 24.2 Å². The number of likely N-dealkylation sites (N-methyl/N-ethyl adjacent to an activating group) is 1. The normalized spacial score (nSPS) is 18.4. The lowest BCUT2D eigenvalue weighted by Crippen LogP contribution is -2.36. The number of carboxylic acid groups (broad SMARTS) is 1. The number of benzene rings is 1. The molecule has 1 unspecified atom stereocenters. The Morgan fingerprint density at radius 1 is 1.40 bits per heavy atom. The van der Waals surface area contributed by atoms with Gasteiger partial charge < -0.3 is 5.11 Å². The Balaban J connectivity index is 0.00000312. The fourth-order valence-electron chi connectivity index (χ4n) is 3.36. The highest BCUT2D eigenvalue weighted by molar-refractivity contribution is 5.85. The lowest BCUT2D eigenvalue weighted by Gasteiger charge is -2.25. The molecular formula is C17H26ClN3O4. The molecule has 8 heteroatoms. The molecule has 0 aromatic heterocycles. The van der Waals surface area contributed by atoms with Crippen LogP contribution in [0.2, 0.25) is 0 Å². The Morgan fingerprint density at radius 2 is 2.12 bits per heavy atom. The summed E-state index contributed by atoms with van der Waals surface area (Å²) in [7, 11) is 1.86. The molecule has 1 aromatic rings. The largest absolute Gasteiger partial charge is 0.480 e. The number of halogens is 1. The predicted octanol–water partition coefficient (Wildman–Crippen LogP) is 2.70. The van der Waals surface area contributed by atoms with E-state index < -0.39 is 5.97 Å². The Labute approximate surface area is 154 Å². The maximum atomic E-state index is 11.1. The average Bonchev–Trinajstić information content (AvgIpc) is 2.74. The van der Waals surface area contributed by atoms with Crippen molar-refractivity contribution in [1.29, 1.82) is 0 Å². The minimum atomic E-state index is -0.800. The first-order valence-electron chi connectivity index (χ1n) is 8.25. The zero-order valence-corrected chi connectivity index (χ0v) is 15.5. The van der Waals surface area contributed by atoms with Crippen molar-refractivity contribution < 1.29 is 14.8 Å². The van der Waals surface area contributed by atoms with E-state index in [-0.39, 0.29) is 35.6 Å². The number of aliphatic carboxylic acids is 1. The van der Waals surface area contributed by atoms with Crippen molar-refractivity contribution in [2.24, 2.45) is 0 Å². The van der Waals surface area contributed by atoms with E-state index in [0.29, 0.717) is 6.54 Å². The summed E-state index contributed by atoms with van der Waals surface area (Å²) in [6.45, 7) is 4.36. The summed E-state index contributed by atoms with van der Waals surface area (Å²) in [5.41, 5.74) is 1.88. The van der Waals surface area contributed by atoms with Crippen LogP contribution in [0.25, 0.3) is 0 Å². The Hall–Kier alpha value is -1.70. The highest BCUT2D eigenvalue weighted by Gasteiger charge is 2.22. The number of nitrogens with zero attached hydrogens (tertiary/aromatic N) is 3. The van der Waals surface area contributed by atoms with Crippen molar-refractivity contribution >= 4 is 24.1 Å². The molecule has 1 fully saturated rings. The number of hydrogen-bond donors (Lipinski definition) is 1. The van der Waals surface area contributed by atoms with Gasteiger partial charge in [-0.05, 0) is 51.9 Å². The molecule has 1 N–H and O–H groups in total. The summed E-state index contributed by atoms with van der Waals surface area (Å²) in [4.78, 5) is 25.8. The molecule has 25 heavy (non-hydrogen) atoms. The van der Waals surface area contributed by atoms with Crippen LogP contribution in [-0.4, -0.2) is 58.5 Å². The van der Waals surface area contributed by atoms with E-state index in [9.17, 15) is 14.9 Å². The van der Waals surface area contributed by atoms with Crippen LogP contribution in [-0.2, 0) is 11.3 Å². The fourth-order valence-corrected chi connectivity index (χ4v) is 3.36. The van der Waals surface area contributed by atoms with Crippen molar-refractivity contribution in [2.45, 2.75) is 38.8 Å². The van der Waals surface area contributed by atoms with Crippen LogP contribution in [0.4, 0.5) is 5.69 Å². The van der Waals surface area contributed by atoms with Gasteiger partial charge in [-0.25, -0.2) is 0 Å². The summed E-state index contributed by atoms with van der Waals surface area (Å²) in [5, 5.41) is 20.0. The second-order valence-corrected chi connectivity index (χ2v) is 6.49. The van der Waals surface area contributed by atoms with Crippen molar-refractivity contribution in [1.82, 2.24) is 9.80 Å². The fraction of sp³-hybridized carbons (Fsp3) is 0.588. The zero-order valence-electron chi connectivity index (χ0n) is 14.7. The van der Waals surface area contributed by atoms with E-state index >= 15 is 0 Å². The molecule has 1 aliphatic heterocycles. The van der Waals surface area contributed by atoms with Crippen LogP contribution in [0.15, 0.2) is 18.2 Å². The molecule has 1 saturated heterocycles. The first kappa shape index (κ1) is 21.3. The molecule has 140 valence electrons. The number of hydrogen-bond acceptors (Lipinski definition) is 5.